The van der Waals surface area contributed by atoms with Crippen LogP contribution < -0.4 is 15.5 Å². The second kappa shape index (κ2) is 7.77. The molecular formula is C18H23N5O. The fourth-order valence-electron chi connectivity index (χ4n) is 2.81. The number of pyridine rings is 2. The van der Waals surface area contributed by atoms with Crippen molar-refractivity contribution in [2.45, 2.75) is 32.7 Å². The van der Waals surface area contributed by atoms with E-state index in [0.717, 1.165) is 30.3 Å². The third-order valence-electron chi connectivity index (χ3n) is 4.06. The molecule has 0 bridgehead atoms. The summed E-state index contributed by atoms with van der Waals surface area (Å²) in [5, 5.41) is 5.60. The summed E-state index contributed by atoms with van der Waals surface area (Å²) in [6.07, 6.45) is 5.44. The van der Waals surface area contributed by atoms with E-state index in [1.807, 2.05) is 37.3 Å². The lowest BCUT2D eigenvalue weighted by molar-refractivity contribution is 0.251. The number of amides is 2. The Balaban J connectivity index is 1.50. The molecule has 2 aromatic rings. The summed E-state index contributed by atoms with van der Waals surface area (Å²) in [5.41, 5.74) is 2.46. The van der Waals surface area contributed by atoms with Gasteiger partial charge in [-0.3, -0.25) is 4.98 Å². The van der Waals surface area contributed by atoms with Gasteiger partial charge in [-0.25, -0.2) is 9.78 Å². The fourth-order valence-corrected chi connectivity index (χ4v) is 2.81. The van der Waals surface area contributed by atoms with Gasteiger partial charge in [-0.2, -0.15) is 0 Å². The first kappa shape index (κ1) is 16.2. The molecule has 6 nitrogen and oxygen atoms in total. The van der Waals surface area contributed by atoms with Crippen LogP contribution in [0.5, 0.6) is 0 Å². The van der Waals surface area contributed by atoms with Crippen LogP contribution in [-0.4, -0.2) is 29.1 Å². The molecule has 0 spiro atoms. The molecule has 2 N–H and O–H groups in total. The zero-order chi connectivity index (χ0) is 16.8. The topological polar surface area (TPSA) is 70.2 Å². The standard InChI is InChI=1S/C18H23N5O/c1-14-6-5-7-15(21-14)13-20-18(24)22-16-8-9-17(19-12-16)23-10-3-2-4-11-23/h5-9,12H,2-4,10-11,13H2,1H3,(H2,20,22,24). The molecule has 1 aliphatic rings. The van der Waals surface area contributed by atoms with E-state index in [9.17, 15) is 4.79 Å². The van der Waals surface area contributed by atoms with Gasteiger partial charge in [-0.1, -0.05) is 6.07 Å². The number of piperidine rings is 1. The van der Waals surface area contributed by atoms with Crippen LogP contribution in [0.3, 0.4) is 0 Å². The van der Waals surface area contributed by atoms with Gasteiger partial charge in [-0.15, -0.1) is 0 Å². The third kappa shape index (κ3) is 4.44. The highest BCUT2D eigenvalue weighted by atomic mass is 16.2. The van der Waals surface area contributed by atoms with Crippen molar-refractivity contribution in [3.63, 3.8) is 0 Å². The monoisotopic (exact) mass is 325 g/mol. The van der Waals surface area contributed by atoms with Crippen molar-refractivity contribution in [3.05, 3.63) is 47.9 Å². The van der Waals surface area contributed by atoms with Crippen LogP contribution in [0.25, 0.3) is 0 Å². The average molecular weight is 325 g/mol. The zero-order valence-corrected chi connectivity index (χ0v) is 14.0. The second-order valence-electron chi connectivity index (χ2n) is 6.03. The largest absolute Gasteiger partial charge is 0.357 e. The molecule has 1 aliphatic heterocycles. The van der Waals surface area contributed by atoms with Gasteiger partial charge in [0.25, 0.3) is 0 Å². The van der Waals surface area contributed by atoms with Crippen molar-refractivity contribution < 1.29 is 4.79 Å². The second-order valence-corrected chi connectivity index (χ2v) is 6.03. The van der Waals surface area contributed by atoms with Crippen LogP contribution in [0.15, 0.2) is 36.5 Å². The number of rotatable bonds is 4. The van der Waals surface area contributed by atoms with Gasteiger partial charge in [0.1, 0.15) is 5.82 Å². The first-order valence-corrected chi connectivity index (χ1v) is 8.39. The van der Waals surface area contributed by atoms with Crippen molar-refractivity contribution in [1.82, 2.24) is 15.3 Å². The van der Waals surface area contributed by atoms with Gasteiger partial charge in [0, 0.05) is 18.8 Å². The van der Waals surface area contributed by atoms with Crippen molar-refractivity contribution in [1.29, 1.82) is 0 Å². The smallest absolute Gasteiger partial charge is 0.319 e. The Morgan fingerprint density at radius 1 is 1.17 bits per heavy atom. The molecule has 2 amide bonds. The third-order valence-corrected chi connectivity index (χ3v) is 4.06. The fraction of sp³-hybridized carbons (Fsp3) is 0.389. The van der Waals surface area contributed by atoms with Gasteiger partial charge in [0.2, 0.25) is 0 Å². The summed E-state index contributed by atoms with van der Waals surface area (Å²) in [7, 11) is 0. The molecule has 3 rings (SSSR count). The van der Waals surface area contributed by atoms with Crippen LogP contribution in [0.4, 0.5) is 16.3 Å². The molecule has 2 aromatic heterocycles. The molecule has 0 atom stereocenters. The van der Waals surface area contributed by atoms with E-state index in [4.69, 9.17) is 0 Å². The lowest BCUT2D eigenvalue weighted by atomic mass is 10.1. The minimum atomic E-state index is -0.258. The first-order valence-electron chi connectivity index (χ1n) is 8.39. The summed E-state index contributed by atoms with van der Waals surface area (Å²) >= 11 is 0. The zero-order valence-electron chi connectivity index (χ0n) is 14.0. The number of urea groups is 1. The summed E-state index contributed by atoms with van der Waals surface area (Å²) < 4.78 is 0. The maximum Gasteiger partial charge on any atom is 0.319 e. The molecule has 6 heteroatoms. The normalized spacial score (nSPS) is 14.3. The van der Waals surface area contributed by atoms with Gasteiger partial charge < -0.3 is 15.5 Å². The van der Waals surface area contributed by atoms with Crippen molar-refractivity contribution in [3.8, 4) is 0 Å². The maximum atomic E-state index is 12.0. The number of hydrogen-bond acceptors (Lipinski definition) is 4. The summed E-state index contributed by atoms with van der Waals surface area (Å²) in [4.78, 5) is 23.1. The molecule has 126 valence electrons. The van der Waals surface area contributed by atoms with Crippen LogP contribution >= 0.6 is 0 Å². The van der Waals surface area contributed by atoms with E-state index >= 15 is 0 Å². The Morgan fingerprint density at radius 3 is 2.71 bits per heavy atom. The summed E-state index contributed by atoms with van der Waals surface area (Å²) in [6, 6.07) is 9.35. The highest BCUT2D eigenvalue weighted by Crippen LogP contribution is 2.18. The van der Waals surface area contributed by atoms with Gasteiger partial charge in [0.15, 0.2) is 0 Å². The Labute approximate surface area is 142 Å². The minimum Gasteiger partial charge on any atom is -0.357 e. The van der Waals surface area contributed by atoms with E-state index < -0.39 is 0 Å². The van der Waals surface area contributed by atoms with E-state index in [0.29, 0.717) is 12.2 Å². The number of anilines is 2. The summed E-state index contributed by atoms with van der Waals surface area (Å²) in [5.74, 6) is 0.976. The van der Waals surface area contributed by atoms with Gasteiger partial charge in [-0.05, 0) is 50.5 Å². The Hall–Kier alpha value is -2.63. The van der Waals surface area contributed by atoms with E-state index in [1.54, 1.807) is 6.20 Å². The number of carbonyl (C=O) groups excluding carboxylic acids is 1. The van der Waals surface area contributed by atoms with Crippen LogP contribution in [0, 0.1) is 6.92 Å². The van der Waals surface area contributed by atoms with Crippen molar-refractivity contribution in [2.24, 2.45) is 0 Å². The Morgan fingerprint density at radius 2 is 2.00 bits per heavy atom. The average Bonchev–Trinajstić information content (AvgIpc) is 2.61. The first-order chi connectivity index (χ1) is 11.7. The van der Waals surface area contributed by atoms with Gasteiger partial charge in [0.05, 0.1) is 24.1 Å². The molecule has 0 aromatic carbocycles. The maximum absolute atomic E-state index is 12.0. The Bertz CT molecular complexity index is 680. The molecule has 0 unspecified atom stereocenters. The number of aromatic nitrogens is 2. The van der Waals surface area contributed by atoms with Crippen LogP contribution in [0.2, 0.25) is 0 Å². The van der Waals surface area contributed by atoms with E-state index in [1.165, 1.54) is 19.3 Å². The molecule has 1 fully saturated rings. The van der Waals surface area contributed by atoms with Crippen LogP contribution in [-0.2, 0) is 6.54 Å². The lowest BCUT2D eigenvalue weighted by Gasteiger charge is -2.27. The van der Waals surface area contributed by atoms with E-state index in [-0.39, 0.29) is 6.03 Å². The quantitative estimate of drug-likeness (QED) is 0.906. The molecule has 0 aliphatic carbocycles. The number of nitrogens with zero attached hydrogens (tertiary/aromatic N) is 3. The summed E-state index contributed by atoms with van der Waals surface area (Å²) in [6.45, 7) is 4.44. The predicted molar refractivity (Wildman–Crippen MR) is 95.1 cm³/mol. The molecule has 1 saturated heterocycles. The van der Waals surface area contributed by atoms with Crippen molar-refractivity contribution >= 4 is 17.5 Å². The predicted octanol–water partition coefficient (Wildman–Crippen LogP) is 3.10. The number of nitrogens with one attached hydrogen (secondary N) is 2. The SMILES string of the molecule is Cc1cccc(CNC(=O)Nc2ccc(N3CCCCC3)nc2)n1. The van der Waals surface area contributed by atoms with Crippen molar-refractivity contribution in [2.75, 3.05) is 23.3 Å². The van der Waals surface area contributed by atoms with Crippen LogP contribution in [0.1, 0.15) is 30.7 Å². The number of hydrogen-bond donors (Lipinski definition) is 2. The molecule has 24 heavy (non-hydrogen) atoms. The number of aryl methyl sites for hydroxylation is 1. The van der Waals surface area contributed by atoms with Gasteiger partial charge >= 0.3 is 6.03 Å². The molecule has 0 radical (unpaired) electrons. The lowest BCUT2D eigenvalue weighted by Crippen LogP contribution is -2.30. The van der Waals surface area contributed by atoms with E-state index in [2.05, 4.69) is 25.5 Å². The highest BCUT2D eigenvalue weighted by Gasteiger charge is 2.12. The molecule has 0 saturated carbocycles. The minimum absolute atomic E-state index is 0.258. The molecule has 3 heterocycles. The molecular weight excluding hydrogens is 302 g/mol. The Kier molecular flexibility index (Phi) is 5.25. The number of carbonyl (C=O) groups is 1. The highest BCUT2D eigenvalue weighted by molar-refractivity contribution is 5.89.